The van der Waals surface area contributed by atoms with E-state index in [1.54, 1.807) is 6.07 Å². The molecule has 15 heavy (non-hydrogen) atoms. The summed E-state index contributed by atoms with van der Waals surface area (Å²) in [5, 5.41) is 0.200. The zero-order chi connectivity index (χ0) is 11.3. The smallest absolute Gasteiger partial charge is 0.142 e. The Kier molecular flexibility index (Phi) is 5.62. The Morgan fingerprint density at radius 3 is 2.80 bits per heavy atom. The molecule has 1 aromatic carbocycles. The molecule has 3 heteroatoms. The molecule has 0 aliphatic heterocycles. The van der Waals surface area contributed by atoms with Crippen LogP contribution in [0.4, 0.5) is 4.39 Å². The standard InChI is InChI=1S/C12H15BrClF/c1-2-10(13)5-3-4-9-6-7-11(14)12(15)8-9/h6-8,10H,2-5H2,1H3. The van der Waals surface area contributed by atoms with Crippen molar-refractivity contribution in [2.24, 2.45) is 0 Å². The summed E-state index contributed by atoms with van der Waals surface area (Å²) < 4.78 is 13.1. The maximum Gasteiger partial charge on any atom is 0.142 e. The van der Waals surface area contributed by atoms with Crippen LogP contribution in [0, 0.1) is 5.82 Å². The van der Waals surface area contributed by atoms with Crippen LogP contribution in [-0.2, 0) is 6.42 Å². The van der Waals surface area contributed by atoms with Crippen LogP contribution in [0.5, 0.6) is 0 Å². The number of aryl methyl sites for hydroxylation is 1. The molecule has 1 atom stereocenters. The molecule has 0 saturated carbocycles. The van der Waals surface area contributed by atoms with Crippen LogP contribution >= 0.6 is 27.5 Å². The molecule has 0 aliphatic carbocycles. The minimum absolute atomic E-state index is 0.200. The van der Waals surface area contributed by atoms with Gasteiger partial charge in [-0.25, -0.2) is 4.39 Å². The lowest BCUT2D eigenvalue weighted by Gasteiger charge is -2.06. The highest BCUT2D eigenvalue weighted by molar-refractivity contribution is 9.09. The van der Waals surface area contributed by atoms with Gasteiger partial charge < -0.3 is 0 Å². The van der Waals surface area contributed by atoms with Gasteiger partial charge in [-0.05, 0) is 43.4 Å². The van der Waals surface area contributed by atoms with Crippen LogP contribution in [0.2, 0.25) is 5.02 Å². The number of hydrogen-bond acceptors (Lipinski definition) is 0. The number of hydrogen-bond donors (Lipinski definition) is 0. The second kappa shape index (κ2) is 6.49. The molecule has 0 spiro atoms. The van der Waals surface area contributed by atoms with Gasteiger partial charge in [0.05, 0.1) is 5.02 Å². The van der Waals surface area contributed by atoms with Gasteiger partial charge in [-0.3, -0.25) is 0 Å². The summed E-state index contributed by atoms with van der Waals surface area (Å²) in [5.41, 5.74) is 1.02. The SMILES string of the molecule is CCC(Br)CCCc1ccc(Cl)c(F)c1. The summed E-state index contributed by atoms with van der Waals surface area (Å²) in [4.78, 5) is 0.578. The van der Waals surface area contributed by atoms with Crippen LogP contribution in [0.15, 0.2) is 18.2 Å². The van der Waals surface area contributed by atoms with E-state index in [4.69, 9.17) is 11.6 Å². The fourth-order valence-electron chi connectivity index (χ4n) is 1.43. The zero-order valence-corrected chi connectivity index (χ0v) is 11.1. The van der Waals surface area contributed by atoms with E-state index in [1.807, 2.05) is 6.07 Å². The molecule has 0 saturated heterocycles. The highest BCUT2D eigenvalue weighted by atomic mass is 79.9. The van der Waals surface area contributed by atoms with Crippen LogP contribution in [0.3, 0.4) is 0 Å². The second-order valence-electron chi connectivity index (χ2n) is 3.65. The van der Waals surface area contributed by atoms with Gasteiger partial charge in [0.15, 0.2) is 0 Å². The average Bonchev–Trinajstić information content (AvgIpc) is 2.23. The molecule has 0 aromatic heterocycles. The molecular weight excluding hydrogens is 278 g/mol. The largest absolute Gasteiger partial charge is 0.205 e. The first-order valence-electron chi connectivity index (χ1n) is 5.21. The van der Waals surface area contributed by atoms with Crippen LogP contribution in [0.25, 0.3) is 0 Å². The summed E-state index contributed by atoms with van der Waals surface area (Å²) in [6.45, 7) is 2.15. The van der Waals surface area contributed by atoms with Crippen LogP contribution in [0.1, 0.15) is 31.7 Å². The number of halogens is 3. The molecule has 0 nitrogen and oxygen atoms in total. The third-order valence-corrected chi connectivity index (χ3v) is 3.82. The van der Waals surface area contributed by atoms with Crippen molar-refractivity contribution in [3.63, 3.8) is 0 Å². The van der Waals surface area contributed by atoms with Gasteiger partial charge in [0.25, 0.3) is 0 Å². The first kappa shape index (κ1) is 13.0. The first-order valence-corrected chi connectivity index (χ1v) is 6.51. The number of alkyl halides is 1. The van der Waals surface area contributed by atoms with Gasteiger partial charge in [0, 0.05) is 4.83 Å². The van der Waals surface area contributed by atoms with E-state index in [0.29, 0.717) is 4.83 Å². The fraction of sp³-hybridized carbons (Fsp3) is 0.500. The normalized spacial score (nSPS) is 12.8. The molecule has 0 radical (unpaired) electrons. The lowest BCUT2D eigenvalue weighted by molar-refractivity contribution is 0.623. The van der Waals surface area contributed by atoms with Crippen molar-refractivity contribution in [2.45, 2.75) is 37.4 Å². The minimum atomic E-state index is -0.319. The number of rotatable bonds is 5. The van der Waals surface area contributed by atoms with Crippen molar-refractivity contribution in [2.75, 3.05) is 0 Å². The molecule has 0 fully saturated rings. The zero-order valence-electron chi connectivity index (χ0n) is 8.77. The molecular formula is C12H15BrClF. The summed E-state index contributed by atoms with van der Waals surface area (Å²) in [7, 11) is 0. The van der Waals surface area contributed by atoms with Crippen molar-refractivity contribution >= 4 is 27.5 Å². The Morgan fingerprint density at radius 2 is 2.20 bits per heavy atom. The molecule has 0 bridgehead atoms. The fourth-order valence-corrected chi connectivity index (χ4v) is 1.87. The lowest BCUT2D eigenvalue weighted by atomic mass is 10.1. The molecule has 0 heterocycles. The number of benzene rings is 1. The van der Waals surface area contributed by atoms with E-state index in [0.717, 1.165) is 31.2 Å². The van der Waals surface area contributed by atoms with Gasteiger partial charge in [0.2, 0.25) is 0 Å². The van der Waals surface area contributed by atoms with E-state index in [9.17, 15) is 4.39 Å². The Hall–Kier alpha value is -0.0800. The van der Waals surface area contributed by atoms with Crippen LogP contribution < -0.4 is 0 Å². The summed E-state index contributed by atoms with van der Waals surface area (Å²) >= 11 is 9.19. The van der Waals surface area contributed by atoms with E-state index in [1.165, 1.54) is 6.07 Å². The van der Waals surface area contributed by atoms with Crippen molar-refractivity contribution in [3.05, 3.63) is 34.6 Å². The van der Waals surface area contributed by atoms with Gasteiger partial charge in [0.1, 0.15) is 5.82 Å². The van der Waals surface area contributed by atoms with Gasteiger partial charge in [-0.1, -0.05) is 40.5 Å². The van der Waals surface area contributed by atoms with Gasteiger partial charge in [-0.2, -0.15) is 0 Å². The van der Waals surface area contributed by atoms with Gasteiger partial charge >= 0.3 is 0 Å². The summed E-state index contributed by atoms with van der Waals surface area (Å²) in [6.07, 6.45) is 4.25. The van der Waals surface area contributed by atoms with Crippen molar-refractivity contribution in [1.82, 2.24) is 0 Å². The predicted molar refractivity (Wildman–Crippen MR) is 67.4 cm³/mol. The third kappa shape index (κ3) is 4.52. The Morgan fingerprint density at radius 1 is 1.47 bits per heavy atom. The van der Waals surface area contributed by atoms with Crippen molar-refractivity contribution in [1.29, 1.82) is 0 Å². The highest BCUT2D eigenvalue weighted by Gasteiger charge is 2.03. The Bertz CT molecular complexity index is 314. The summed E-state index contributed by atoms with van der Waals surface area (Å²) in [6, 6.07) is 5.04. The van der Waals surface area contributed by atoms with Gasteiger partial charge in [-0.15, -0.1) is 0 Å². The molecule has 1 aromatic rings. The van der Waals surface area contributed by atoms with Crippen LogP contribution in [-0.4, -0.2) is 4.83 Å². The maximum atomic E-state index is 13.1. The molecule has 0 amide bonds. The van der Waals surface area contributed by atoms with E-state index < -0.39 is 0 Å². The maximum absolute atomic E-state index is 13.1. The molecule has 1 rings (SSSR count). The van der Waals surface area contributed by atoms with E-state index in [2.05, 4.69) is 22.9 Å². The predicted octanol–water partition coefficient (Wildman–Crippen LogP) is 4.98. The average molecular weight is 294 g/mol. The molecule has 1 unspecified atom stereocenters. The topological polar surface area (TPSA) is 0 Å². The van der Waals surface area contributed by atoms with Crippen molar-refractivity contribution < 1.29 is 4.39 Å². The highest BCUT2D eigenvalue weighted by Crippen LogP contribution is 2.18. The summed E-state index contributed by atoms with van der Waals surface area (Å²) in [5.74, 6) is -0.319. The molecule has 84 valence electrons. The minimum Gasteiger partial charge on any atom is -0.205 e. The molecule has 0 N–H and O–H groups in total. The quantitative estimate of drug-likeness (QED) is 0.672. The van der Waals surface area contributed by atoms with E-state index >= 15 is 0 Å². The Labute approximate surface area is 104 Å². The third-order valence-electron chi connectivity index (χ3n) is 2.41. The first-order chi connectivity index (χ1) is 7.13. The monoisotopic (exact) mass is 292 g/mol. The Balaban J connectivity index is 2.41. The lowest BCUT2D eigenvalue weighted by Crippen LogP contribution is -1.96. The molecule has 0 aliphatic rings. The van der Waals surface area contributed by atoms with Crippen molar-refractivity contribution in [3.8, 4) is 0 Å². The van der Waals surface area contributed by atoms with E-state index in [-0.39, 0.29) is 10.8 Å². The second-order valence-corrected chi connectivity index (χ2v) is 5.35.